The zero-order valence-corrected chi connectivity index (χ0v) is 10.1. The highest BCUT2D eigenvalue weighted by molar-refractivity contribution is 7.11. The Morgan fingerprint density at radius 3 is 3.12 bits per heavy atom. The number of aromatic nitrogens is 1. The number of thiazole rings is 1. The molecule has 2 heterocycles. The molecule has 1 saturated heterocycles. The molecule has 6 heteroatoms. The van der Waals surface area contributed by atoms with E-state index in [4.69, 9.17) is 4.74 Å². The fourth-order valence-electron chi connectivity index (χ4n) is 1.80. The molecule has 2 N–H and O–H groups in total. The number of rotatable bonds is 3. The topological polar surface area (TPSA) is 63.2 Å². The minimum Gasteiger partial charge on any atom is -0.378 e. The summed E-state index contributed by atoms with van der Waals surface area (Å²) in [6.07, 6.45) is 0.0529. The van der Waals surface area contributed by atoms with Gasteiger partial charge in [-0.15, -0.1) is 11.3 Å². The molecule has 0 radical (unpaired) electrons. The highest BCUT2D eigenvalue weighted by Crippen LogP contribution is 2.13. The Balaban J connectivity index is 2.00. The molecule has 1 fully saturated rings. The zero-order valence-electron chi connectivity index (χ0n) is 9.32. The van der Waals surface area contributed by atoms with Gasteiger partial charge in [0.1, 0.15) is 4.88 Å². The smallest absolute Gasteiger partial charge is 0.263 e. The maximum atomic E-state index is 11.9. The average molecular weight is 241 g/mol. The van der Waals surface area contributed by atoms with E-state index in [2.05, 4.69) is 15.6 Å². The van der Waals surface area contributed by atoms with Crippen LogP contribution in [0.1, 0.15) is 15.4 Å². The number of hydrogen-bond donors (Lipinski definition) is 2. The number of ether oxygens (including phenoxy) is 1. The summed E-state index contributed by atoms with van der Waals surface area (Å²) in [5.74, 6) is -0.0595. The van der Waals surface area contributed by atoms with Gasteiger partial charge in [-0.3, -0.25) is 4.79 Å². The molecule has 0 aliphatic carbocycles. The third kappa shape index (κ3) is 2.23. The molecule has 88 valence electrons. The van der Waals surface area contributed by atoms with Gasteiger partial charge < -0.3 is 15.4 Å². The Morgan fingerprint density at radius 1 is 1.69 bits per heavy atom. The van der Waals surface area contributed by atoms with Crippen molar-refractivity contribution < 1.29 is 9.53 Å². The maximum absolute atomic E-state index is 11.9. The van der Waals surface area contributed by atoms with Gasteiger partial charge in [0.2, 0.25) is 0 Å². The van der Waals surface area contributed by atoms with Gasteiger partial charge in [-0.2, -0.15) is 0 Å². The monoisotopic (exact) mass is 241 g/mol. The van der Waals surface area contributed by atoms with Crippen LogP contribution in [0.3, 0.4) is 0 Å². The van der Waals surface area contributed by atoms with Crippen LogP contribution in [-0.4, -0.2) is 43.2 Å². The van der Waals surface area contributed by atoms with E-state index in [0.717, 1.165) is 18.8 Å². The Hall–Kier alpha value is -0.980. The summed E-state index contributed by atoms with van der Waals surface area (Å²) in [7, 11) is 1.66. The largest absolute Gasteiger partial charge is 0.378 e. The van der Waals surface area contributed by atoms with Crippen LogP contribution in [0.5, 0.6) is 0 Å². The van der Waals surface area contributed by atoms with E-state index in [1.807, 2.05) is 6.92 Å². The predicted molar refractivity (Wildman–Crippen MR) is 61.8 cm³/mol. The molecule has 0 saturated carbocycles. The molecule has 1 aliphatic heterocycles. The number of hydrogen-bond acceptors (Lipinski definition) is 5. The first kappa shape index (κ1) is 11.5. The lowest BCUT2D eigenvalue weighted by Gasteiger charge is -2.18. The molecule has 0 spiro atoms. The highest BCUT2D eigenvalue weighted by Gasteiger charge is 2.29. The number of nitrogens with zero attached hydrogens (tertiary/aromatic N) is 1. The number of carbonyl (C=O) groups is 1. The maximum Gasteiger partial charge on any atom is 0.263 e. The second-order valence-corrected chi connectivity index (χ2v) is 4.63. The minimum absolute atomic E-state index is 0.0407. The number of methoxy groups -OCH3 is 1. The lowest BCUT2D eigenvalue weighted by atomic mass is 10.2. The van der Waals surface area contributed by atoms with E-state index >= 15 is 0 Å². The SMILES string of the molecule is CO[C@@H]1CNC[C@H]1NC(=O)c1scnc1C. The van der Waals surface area contributed by atoms with E-state index < -0.39 is 0 Å². The average Bonchev–Trinajstić information content (AvgIpc) is 2.86. The molecule has 5 nitrogen and oxygen atoms in total. The minimum atomic E-state index is -0.0595. The van der Waals surface area contributed by atoms with Gasteiger partial charge in [-0.05, 0) is 6.92 Å². The van der Waals surface area contributed by atoms with Crippen molar-refractivity contribution in [3.05, 3.63) is 16.1 Å². The van der Waals surface area contributed by atoms with Gasteiger partial charge >= 0.3 is 0 Å². The van der Waals surface area contributed by atoms with Crippen LogP contribution in [0.4, 0.5) is 0 Å². The van der Waals surface area contributed by atoms with Gasteiger partial charge in [0.25, 0.3) is 5.91 Å². The Morgan fingerprint density at radius 2 is 2.50 bits per heavy atom. The first-order chi connectivity index (χ1) is 7.72. The first-order valence-corrected chi connectivity index (χ1v) is 6.04. The molecular weight excluding hydrogens is 226 g/mol. The predicted octanol–water partition coefficient (Wildman–Crippen LogP) is 0.168. The van der Waals surface area contributed by atoms with Crippen LogP contribution in [0.15, 0.2) is 5.51 Å². The molecule has 16 heavy (non-hydrogen) atoms. The summed E-state index contributed by atoms with van der Waals surface area (Å²) in [4.78, 5) is 16.7. The summed E-state index contributed by atoms with van der Waals surface area (Å²) in [6, 6.07) is 0.0407. The summed E-state index contributed by atoms with van der Waals surface area (Å²) in [6.45, 7) is 3.37. The number of nitrogens with one attached hydrogen (secondary N) is 2. The fourth-order valence-corrected chi connectivity index (χ4v) is 2.51. The van der Waals surface area contributed by atoms with E-state index in [0.29, 0.717) is 4.88 Å². The molecule has 0 aromatic carbocycles. The summed E-state index contributed by atoms with van der Waals surface area (Å²) in [5.41, 5.74) is 2.47. The second kappa shape index (κ2) is 4.90. The standard InChI is InChI=1S/C10H15N3O2S/c1-6-9(16-5-12-6)10(14)13-7-3-11-4-8(7)15-2/h5,7-8,11H,3-4H2,1-2H3,(H,13,14)/t7-,8-/m1/s1. The number of carbonyl (C=O) groups excluding carboxylic acids is 1. The van der Waals surface area contributed by atoms with Crippen LogP contribution in [0.2, 0.25) is 0 Å². The summed E-state index contributed by atoms with van der Waals surface area (Å²) >= 11 is 1.37. The van der Waals surface area contributed by atoms with Crippen molar-refractivity contribution >= 4 is 17.2 Å². The fraction of sp³-hybridized carbons (Fsp3) is 0.600. The van der Waals surface area contributed by atoms with Gasteiger partial charge in [-0.25, -0.2) is 4.98 Å². The van der Waals surface area contributed by atoms with Crippen molar-refractivity contribution in [2.24, 2.45) is 0 Å². The molecule has 0 unspecified atom stereocenters. The Kier molecular flexibility index (Phi) is 3.52. The van der Waals surface area contributed by atoms with Crippen molar-refractivity contribution in [3.8, 4) is 0 Å². The molecule has 1 aliphatic rings. The summed E-state index contributed by atoms with van der Waals surface area (Å²) in [5, 5.41) is 6.15. The van der Waals surface area contributed by atoms with Crippen molar-refractivity contribution in [1.29, 1.82) is 0 Å². The normalized spacial score (nSPS) is 24.6. The van der Waals surface area contributed by atoms with E-state index in [9.17, 15) is 4.79 Å². The molecule has 2 atom stereocenters. The van der Waals surface area contributed by atoms with Crippen molar-refractivity contribution in [2.75, 3.05) is 20.2 Å². The molecular formula is C10H15N3O2S. The van der Waals surface area contributed by atoms with Crippen molar-refractivity contribution in [2.45, 2.75) is 19.1 Å². The first-order valence-electron chi connectivity index (χ1n) is 5.17. The van der Waals surface area contributed by atoms with Crippen LogP contribution < -0.4 is 10.6 Å². The molecule has 2 rings (SSSR count). The lowest BCUT2D eigenvalue weighted by Crippen LogP contribution is -2.43. The highest BCUT2D eigenvalue weighted by atomic mass is 32.1. The van der Waals surface area contributed by atoms with Crippen LogP contribution in [0.25, 0.3) is 0 Å². The van der Waals surface area contributed by atoms with E-state index in [1.165, 1.54) is 11.3 Å². The quantitative estimate of drug-likeness (QED) is 0.792. The van der Waals surface area contributed by atoms with Gasteiger partial charge in [-0.1, -0.05) is 0 Å². The number of aryl methyl sites for hydroxylation is 1. The third-order valence-corrected chi connectivity index (χ3v) is 3.66. The Labute approximate surface area is 98.2 Å². The van der Waals surface area contributed by atoms with Gasteiger partial charge in [0.05, 0.1) is 23.4 Å². The molecule has 1 amide bonds. The molecule has 1 aromatic heterocycles. The van der Waals surface area contributed by atoms with E-state index in [1.54, 1.807) is 12.6 Å². The molecule has 0 bridgehead atoms. The third-order valence-electron chi connectivity index (χ3n) is 2.73. The van der Waals surface area contributed by atoms with Gasteiger partial charge in [0, 0.05) is 20.2 Å². The lowest BCUT2D eigenvalue weighted by molar-refractivity contribution is 0.0782. The van der Waals surface area contributed by atoms with Crippen LogP contribution >= 0.6 is 11.3 Å². The van der Waals surface area contributed by atoms with E-state index in [-0.39, 0.29) is 18.1 Å². The van der Waals surface area contributed by atoms with Crippen molar-refractivity contribution in [3.63, 3.8) is 0 Å². The number of amides is 1. The van der Waals surface area contributed by atoms with Crippen LogP contribution in [0, 0.1) is 6.92 Å². The zero-order chi connectivity index (χ0) is 11.5. The Bertz CT molecular complexity index is 380. The second-order valence-electron chi connectivity index (χ2n) is 3.78. The van der Waals surface area contributed by atoms with Gasteiger partial charge in [0.15, 0.2) is 0 Å². The van der Waals surface area contributed by atoms with Crippen molar-refractivity contribution in [1.82, 2.24) is 15.6 Å². The van der Waals surface area contributed by atoms with Crippen LogP contribution in [-0.2, 0) is 4.74 Å². The molecule has 1 aromatic rings. The summed E-state index contributed by atoms with van der Waals surface area (Å²) < 4.78 is 5.28.